The highest BCUT2D eigenvalue weighted by Crippen LogP contribution is 2.09. The van der Waals surface area contributed by atoms with E-state index in [2.05, 4.69) is 24.3 Å². The average Bonchev–Trinajstić information content (AvgIpc) is 2.05. The molecular formula is C10H4-4. The van der Waals surface area contributed by atoms with Crippen molar-refractivity contribution in [1.82, 2.24) is 0 Å². The average molecular weight is 124 g/mol. The molecule has 10 heavy (non-hydrogen) atoms. The number of rotatable bonds is 0. The van der Waals surface area contributed by atoms with Crippen molar-refractivity contribution in [2.75, 3.05) is 0 Å². The molecule has 2 aromatic carbocycles. The largest absolute Gasteiger partial charge is 0.488 e. The van der Waals surface area contributed by atoms with Gasteiger partial charge in [0.2, 0.25) is 0 Å². The monoisotopic (exact) mass is 124 g/mol. The molecule has 0 bridgehead atoms. The molecule has 0 aliphatic carbocycles. The van der Waals surface area contributed by atoms with Gasteiger partial charge in [0.05, 0.1) is 0 Å². The van der Waals surface area contributed by atoms with E-state index < -0.39 is 0 Å². The number of benzene rings is 2. The van der Waals surface area contributed by atoms with Gasteiger partial charge in [-0.25, -0.2) is 0 Å². The lowest BCUT2D eigenvalue weighted by atomic mass is 10.1. The Balaban J connectivity index is 2.89. The highest BCUT2D eigenvalue weighted by atomic mass is 13.9. The van der Waals surface area contributed by atoms with Crippen molar-refractivity contribution in [3.63, 3.8) is 0 Å². The fourth-order valence-corrected chi connectivity index (χ4v) is 0.883. The van der Waals surface area contributed by atoms with Gasteiger partial charge in [-0.1, -0.05) is 0 Å². The van der Waals surface area contributed by atoms with Crippen LogP contribution < -0.4 is 0 Å². The van der Waals surface area contributed by atoms with Gasteiger partial charge >= 0.3 is 0 Å². The quantitative estimate of drug-likeness (QED) is 0.471. The lowest BCUT2D eigenvalue weighted by Crippen LogP contribution is -1.69. The Morgan fingerprint density at radius 1 is 0.800 bits per heavy atom. The van der Waals surface area contributed by atoms with Crippen LogP contribution in [0.1, 0.15) is 0 Å². The second kappa shape index (κ2) is 2.14. The summed E-state index contributed by atoms with van der Waals surface area (Å²) >= 11 is 0. The molecule has 0 unspecified atom stereocenters. The number of hydrogen-bond donors (Lipinski definition) is 0. The van der Waals surface area contributed by atoms with Crippen molar-refractivity contribution < 1.29 is 0 Å². The Morgan fingerprint density at radius 2 is 1.30 bits per heavy atom. The number of fused-ring (bicyclic) bond motifs is 1. The van der Waals surface area contributed by atoms with Crippen LogP contribution in [0.25, 0.3) is 10.8 Å². The molecule has 2 aromatic rings. The van der Waals surface area contributed by atoms with Crippen molar-refractivity contribution >= 4 is 10.8 Å². The molecule has 0 saturated carbocycles. The summed E-state index contributed by atoms with van der Waals surface area (Å²) in [5.74, 6) is 0. The molecule has 0 amide bonds. The van der Waals surface area contributed by atoms with Gasteiger partial charge in [-0.15, -0.1) is 0 Å². The molecule has 0 atom stereocenters. The highest BCUT2D eigenvalue weighted by Gasteiger charge is 1.46. The molecule has 0 aromatic heterocycles. The van der Waals surface area contributed by atoms with E-state index in [0.717, 1.165) is 10.8 Å². The van der Waals surface area contributed by atoms with E-state index in [1.165, 1.54) is 0 Å². The van der Waals surface area contributed by atoms with Crippen LogP contribution in [0.2, 0.25) is 0 Å². The van der Waals surface area contributed by atoms with E-state index in [1.54, 1.807) is 12.1 Å². The fourth-order valence-electron chi connectivity index (χ4n) is 0.883. The van der Waals surface area contributed by atoms with Crippen molar-refractivity contribution in [3.8, 4) is 0 Å². The highest BCUT2D eigenvalue weighted by molar-refractivity contribution is 5.80. The summed E-state index contributed by atoms with van der Waals surface area (Å²) < 4.78 is 0. The summed E-state index contributed by atoms with van der Waals surface area (Å²) in [5, 5.41) is 2.09. The van der Waals surface area contributed by atoms with Gasteiger partial charge in [-0.2, -0.15) is 0 Å². The first kappa shape index (κ1) is 5.48. The Kier molecular flexibility index (Phi) is 1.17. The molecule has 0 aliphatic rings. The molecule has 0 heterocycles. The van der Waals surface area contributed by atoms with Crippen molar-refractivity contribution in [2.45, 2.75) is 0 Å². The lowest BCUT2D eigenvalue weighted by Gasteiger charge is -2.31. The number of hydrogen-bond acceptors (Lipinski definition) is 0. The Bertz CT molecular complexity index is 271. The minimum atomic E-state index is 1.04. The zero-order valence-electron chi connectivity index (χ0n) is 5.31. The van der Waals surface area contributed by atoms with Gasteiger partial charge in [0.1, 0.15) is 0 Å². The van der Waals surface area contributed by atoms with E-state index in [4.69, 9.17) is 0 Å². The van der Waals surface area contributed by atoms with Crippen LogP contribution >= 0.6 is 0 Å². The maximum absolute atomic E-state index is 3.03. The smallest absolute Gasteiger partial charge is 0.334 e. The predicted octanol–water partition coefficient (Wildman–Crippen LogP) is 2.04. The van der Waals surface area contributed by atoms with Gasteiger partial charge < -0.3 is 59.3 Å². The maximum Gasteiger partial charge on any atom is -0.334 e. The molecule has 0 heteroatoms. The first-order valence-corrected chi connectivity index (χ1v) is 3.06. The van der Waals surface area contributed by atoms with Crippen molar-refractivity contribution in [2.24, 2.45) is 0 Å². The summed E-state index contributed by atoms with van der Waals surface area (Å²) in [5.41, 5.74) is 0. The minimum Gasteiger partial charge on any atom is -0.488 e. The molecule has 0 saturated heterocycles. The third-order valence-corrected chi connectivity index (χ3v) is 1.37. The first-order chi connectivity index (χ1) is 4.97. The molecule has 2 rings (SSSR count). The summed E-state index contributed by atoms with van der Waals surface area (Å²) in [6.07, 6.45) is 0. The molecule has 0 fully saturated rings. The zero-order valence-corrected chi connectivity index (χ0v) is 5.31. The van der Waals surface area contributed by atoms with Crippen LogP contribution in [0.5, 0.6) is 0 Å². The SMILES string of the molecule is [c-]1c[c-]c2c[c-]c[c-]c2c1. The second-order valence-electron chi connectivity index (χ2n) is 2.03. The van der Waals surface area contributed by atoms with Crippen LogP contribution in [0.4, 0.5) is 0 Å². The Hall–Kier alpha value is -1.30. The second-order valence-corrected chi connectivity index (χ2v) is 2.03. The van der Waals surface area contributed by atoms with Gasteiger partial charge in [-0.3, -0.25) is 0 Å². The lowest BCUT2D eigenvalue weighted by molar-refractivity contribution is 1.71. The summed E-state index contributed by atoms with van der Waals surface area (Å²) in [6.45, 7) is 0. The molecular weight excluding hydrogens is 120 g/mol. The minimum absolute atomic E-state index is 1.04. The standard InChI is InChI=1S/C10H4/c1-2-6-10-8-4-3-7-9(10)5-1/h1,4,6-7H/q-4. The summed E-state index contributed by atoms with van der Waals surface area (Å²) in [7, 11) is 0. The van der Waals surface area contributed by atoms with E-state index in [-0.39, 0.29) is 0 Å². The molecule has 0 radical (unpaired) electrons. The molecule has 0 N–H and O–H groups in total. The van der Waals surface area contributed by atoms with Gasteiger partial charge in [-0.05, 0) is 0 Å². The molecule has 0 nitrogen and oxygen atoms in total. The topological polar surface area (TPSA) is 0 Å². The molecule has 0 spiro atoms. The molecule has 0 aliphatic heterocycles. The van der Waals surface area contributed by atoms with Crippen LogP contribution in [0.3, 0.4) is 0 Å². The normalized spacial score (nSPS) is 10.0. The molecule has 48 valence electrons. The fraction of sp³-hybridized carbons (Fsp3) is 0. The van der Waals surface area contributed by atoms with Gasteiger partial charge in [0.15, 0.2) is 0 Å². The van der Waals surface area contributed by atoms with Crippen LogP contribution in [0.15, 0.2) is 24.3 Å². The van der Waals surface area contributed by atoms with Gasteiger partial charge in [0, 0.05) is 0 Å². The van der Waals surface area contributed by atoms with E-state index in [9.17, 15) is 0 Å². The first-order valence-electron chi connectivity index (χ1n) is 3.06. The van der Waals surface area contributed by atoms with Crippen LogP contribution in [-0.2, 0) is 0 Å². The summed E-state index contributed by atoms with van der Waals surface area (Å²) in [4.78, 5) is 0. The Morgan fingerprint density at radius 3 is 1.80 bits per heavy atom. The van der Waals surface area contributed by atoms with Crippen molar-refractivity contribution in [1.29, 1.82) is 0 Å². The van der Waals surface area contributed by atoms with E-state index >= 15 is 0 Å². The Labute approximate surface area is 60.1 Å². The van der Waals surface area contributed by atoms with E-state index in [0.29, 0.717) is 0 Å². The maximum atomic E-state index is 3.03. The predicted molar refractivity (Wildman–Crippen MR) is 39.3 cm³/mol. The third kappa shape index (κ3) is 0.781. The zero-order chi connectivity index (χ0) is 6.81. The van der Waals surface area contributed by atoms with E-state index in [1.807, 2.05) is 12.1 Å². The summed E-state index contributed by atoms with van der Waals surface area (Å²) in [6, 6.07) is 19.2. The van der Waals surface area contributed by atoms with Crippen LogP contribution in [-0.4, -0.2) is 0 Å². The van der Waals surface area contributed by atoms with Crippen molar-refractivity contribution in [3.05, 3.63) is 48.5 Å². The third-order valence-electron chi connectivity index (χ3n) is 1.37. The van der Waals surface area contributed by atoms with Gasteiger partial charge in [0.25, 0.3) is 0 Å². The van der Waals surface area contributed by atoms with Crippen LogP contribution in [0, 0.1) is 24.3 Å².